The van der Waals surface area contributed by atoms with Crippen LogP contribution in [0.4, 0.5) is 0 Å². The first-order valence-electron chi connectivity index (χ1n) is 8.12. The van der Waals surface area contributed by atoms with E-state index < -0.39 is 0 Å². The zero-order chi connectivity index (χ0) is 17.6. The summed E-state index contributed by atoms with van der Waals surface area (Å²) in [5.74, 6) is 0.465. The maximum Gasteiger partial charge on any atom is 0.257 e. The van der Waals surface area contributed by atoms with E-state index in [4.69, 9.17) is 16.3 Å². The standard InChI is InChI=1S/C20H19ClN2O2/c1-14-5-8-16-3-2-4-18(20(16)23-14)25-13-19(24)22-12-11-15-6-9-17(21)10-7-15/h2-10H,11-13H2,1H3,(H,22,24). The molecule has 0 radical (unpaired) electrons. The lowest BCUT2D eigenvalue weighted by Crippen LogP contribution is -2.30. The first-order chi connectivity index (χ1) is 12.1. The topological polar surface area (TPSA) is 51.2 Å². The fourth-order valence-electron chi connectivity index (χ4n) is 2.53. The van der Waals surface area contributed by atoms with Gasteiger partial charge in [0.25, 0.3) is 5.91 Å². The molecule has 0 unspecified atom stereocenters. The van der Waals surface area contributed by atoms with Crippen LogP contribution < -0.4 is 10.1 Å². The minimum atomic E-state index is -0.154. The van der Waals surface area contributed by atoms with E-state index in [-0.39, 0.29) is 12.5 Å². The number of carbonyl (C=O) groups excluding carboxylic acids is 1. The summed E-state index contributed by atoms with van der Waals surface area (Å²) in [7, 11) is 0. The second kappa shape index (κ2) is 7.99. The zero-order valence-electron chi connectivity index (χ0n) is 14.0. The molecule has 1 amide bonds. The molecule has 1 heterocycles. The fourth-order valence-corrected chi connectivity index (χ4v) is 2.65. The van der Waals surface area contributed by atoms with E-state index in [1.807, 2.05) is 61.5 Å². The number of ether oxygens (including phenoxy) is 1. The van der Waals surface area contributed by atoms with Crippen molar-refractivity contribution in [2.24, 2.45) is 0 Å². The van der Waals surface area contributed by atoms with Crippen LogP contribution in [0, 0.1) is 6.92 Å². The Balaban J connectivity index is 1.52. The van der Waals surface area contributed by atoms with Crippen LogP contribution in [0.2, 0.25) is 5.02 Å². The number of para-hydroxylation sites is 1. The van der Waals surface area contributed by atoms with Crippen LogP contribution in [0.5, 0.6) is 5.75 Å². The summed E-state index contributed by atoms with van der Waals surface area (Å²) in [6, 6.07) is 17.2. The quantitative estimate of drug-likeness (QED) is 0.729. The first-order valence-corrected chi connectivity index (χ1v) is 8.50. The molecule has 25 heavy (non-hydrogen) atoms. The van der Waals surface area contributed by atoms with Crippen molar-refractivity contribution in [3.8, 4) is 5.75 Å². The summed E-state index contributed by atoms with van der Waals surface area (Å²) in [4.78, 5) is 16.5. The van der Waals surface area contributed by atoms with E-state index in [1.54, 1.807) is 0 Å². The number of halogens is 1. The molecule has 0 atom stereocenters. The predicted molar refractivity (Wildman–Crippen MR) is 100 cm³/mol. The van der Waals surface area contributed by atoms with Gasteiger partial charge in [0.2, 0.25) is 0 Å². The van der Waals surface area contributed by atoms with Gasteiger partial charge in [-0.1, -0.05) is 41.9 Å². The average molecular weight is 355 g/mol. The number of pyridine rings is 1. The summed E-state index contributed by atoms with van der Waals surface area (Å²) in [5.41, 5.74) is 2.81. The van der Waals surface area contributed by atoms with Crippen LogP contribution >= 0.6 is 11.6 Å². The smallest absolute Gasteiger partial charge is 0.257 e. The van der Waals surface area contributed by atoms with Gasteiger partial charge < -0.3 is 10.1 Å². The number of aromatic nitrogens is 1. The normalized spacial score (nSPS) is 10.6. The molecule has 5 heteroatoms. The molecule has 0 saturated carbocycles. The number of rotatable bonds is 6. The molecule has 4 nitrogen and oxygen atoms in total. The van der Waals surface area contributed by atoms with Gasteiger partial charge >= 0.3 is 0 Å². The Hall–Kier alpha value is -2.59. The van der Waals surface area contributed by atoms with Crippen molar-refractivity contribution >= 4 is 28.4 Å². The number of amides is 1. The highest BCUT2D eigenvalue weighted by Gasteiger charge is 2.07. The molecule has 3 rings (SSSR count). The highest BCUT2D eigenvalue weighted by Crippen LogP contribution is 2.23. The number of nitrogens with one attached hydrogen (secondary N) is 1. The van der Waals surface area contributed by atoms with E-state index in [0.717, 1.165) is 28.6 Å². The second-order valence-electron chi connectivity index (χ2n) is 5.80. The maximum absolute atomic E-state index is 12.0. The van der Waals surface area contributed by atoms with E-state index in [0.29, 0.717) is 17.3 Å². The number of hydrogen-bond donors (Lipinski definition) is 1. The Kier molecular flexibility index (Phi) is 5.51. The Bertz CT molecular complexity index is 879. The van der Waals surface area contributed by atoms with Crippen LogP contribution in [0.25, 0.3) is 10.9 Å². The number of aryl methyl sites for hydroxylation is 1. The zero-order valence-corrected chi connectivity index (χ0v) is 14.7. The molecule has 0 bridgehead atoms. The number of fused-ring (bicyclic) bond motifs is 1. The Morgan fingerprint density at radius 2 is 1.92 bits per heavy atom. The summed E-state index contributed by atoms with van der Waals surface area (Å²) >= 11 is 5.86. The molecule has 3 aromatic rings. The Morgan fingerprint density at radius 3 is 2.72 bits per heavy atom. The number of benzene rings is 2. The Labute approximate surface area is 151 Å². The van der Waals surface area contributed by atoms with Crippen molar-refractivity contribution in [2.75, 3.05) is 13.2 Å². The van der Waals surface area contributed by atoms with Crippen molar-refractivity contribution in [3.63, 3.8) is 0 Å². The largest absolute Gasteiger partial charge is 0.481 e. The number of nitrogens with zero attached hydrogens (tertiary/aromatic N) is 1. The first kappa shape index (κ1) is 17.2. The van der Waals surface area contributed by atoms with Gasteiger partial charge in [0, 0.05) is 22.6 Å². The van der Waals surface area contributed by atoms with Crippen LogP contribution in [0.3, 0.4) is 0 Å². The third-order valence-electron chi connectivity index (χ3n) is 3.83. The van der Waals surface area contributed by atoms with Gasteiger partial charge in [0.05, 0.1) is 0 Å². The number of carbonyl (C=O) groups is 1. The lowest BCUT2D eigenvalue weighted by atomic mass is 10.1. The third kappa shape index (κ3) is 4.70. The number of hydrogen-bond acceptors (Lipinski definition) is 3. The minimum absolute atomic E-state index is 0.0324. The van der Waals surface area contributed by atoms with Gasteiger partial charge in [0.1, 0.15) is 11.3 Å². The van der Waals surface area contributed by atoms with Gasteiger partial charge in [-0.3, -0.25) is 4.79 Å². The fraction of sp³-hybridized carbons (Fsp3) is 0.200. The van der Waals surface area contributed by atoms with E-state index in [1.165, 1.54) is 0 Å². The van der Waals surface area contributed by atoms with Gasteiger partial charge in [-0.25, -0.2) is 4.98 Å². The van der Waals surface area contributed by atoms with E-state index in [2.05, 4.69) is 10.3 Å². The SMILES string of the molecule is Cc1ccc2cccc(OCC(=O)NCCc3ccc(Cl)cc3)c2n1. The van der Waals surface area contributed by atoms with E-state index >= 15 is 0 Å². The van der Waals surface area contributed by atoms with Crippen molar-refractivity contribution < 1.29 is 9.53 Å². The minimum Gasteiger partial charge on any atom is -0.481 e. The summed E-state index contributed by atoms with van der Waals surface area (Å²) in [5, 5.41) is 4.56. The molecular weight excluding hydrogens is 336 g/mol. The molecule has 1 N–H and O–H groups in total. The third-order valence-corrected chi connectivity index (χ3v) is 4.08. The summed E-state index contributed by atoms with van der Waals surface area (Å²) in [6.45, 7) is 2.45. The highest BCUT2D eigenvalue weighted by atomic mass is 35.5. The molecule has 0 spiro atoms. The highest BCUT2D eigenvalue weighted by molar-refractivity contribution is 6.30. The van der Waals surface area contributed by atoms with E-state index in [9.17, 15) is 4.79 Å². The Morgan fingerprint density at radius 1 is 1.12 bits per heavy atom. The van der Waals surface area contributed by atoms with Crippen LogP contribution in [-0.2, 0) is 11.2 Å². The van der Waals surface area contributed by atoms with Crippen LogP contribution in [0.15, 0.2) is 54.6 Å². The lowest BCUT2D eigenvalue weighted by molar-refractivity contribution is -0.123. The molecule has 0 fully saturated rings. The molecule has 0 aliphatic rings. The molecular formula is C20H19ClN2O2. The average Bonchev–Trinajstić information content (AvgIpc) is 2.61. The molecule has 128 valence electrons. The van der Waals surface area contributed by atoms with Crippen molar-refractivity contribution in [2.45, 2.75) is 13.3 Å². The van der Waals surface area contributed by atoms with Crippen molar-refractivity contribution in [3.05, 3.63) is 70.9 Å². The van der Waals surface area contributed by atoms with Gasteiger partial charge in [-0.15, -0.1) is 0 Å². The molecule has 0 saturated heterocycles. The van der Waals surface area contributed by atoms with Crippen LogP contribution in [-0.4, -0.2) is 24.0 Å². The monoisotopic (exact) mass is 354 g/mol. The maximum atomic E-state index is 12.0. The van der Waals surface area contributed by atoms with Crippen molar-refractivity contribution in [1.29, 1.82) is 0 Å². The lowest BCUT2D eigenvalue weighted by Gasteiger charge is -2.10. The van der Waals surface area contributed by atoms with Gasteiger partial charge in [-0.2, -0.15) is 0 Å². The predicted octanol–water partition coefficient (Wildman–Crippen LogP) is 3.93. The molecule has 1 aromatic heterocycles. The molecule has 0 aliphatic carbocycles. The van der Waals surface area contributed by atoms with Crippen molar-refractivity contribution in [1.82, 2.24) is 10.3 Å². The van der Waals surface area contributed by atoms with Gasteiger partial charge in [-0.05, 0) is 43.2 Å². The van der Waals surface area contributed by atoms with Crippen LogP contribution in [0.1, 0.15) is 11.3 Å². The molecule has 2 aromatic carbocycles. The molecule has 0 aliphatic heterocycles. The van der Waals surface area contributed by atoms with Gasteiger partial charge in [0.15, 0.2) is 6.61 Å². The summed E-state index contributed by atoms with van der Waals surface area (Å²) in [6.07, 6.45) is 0.748. The summed E-state index contributed by atoms with van der Waals surface area (Å²) < 4.78 is 5.66. The second-order valence-corrected chi connectivity index (χ2v) is 6.23.